The summed E-state index contributed by atoms with van der Waals surface area (Å²) in [5, 5.41) is 9.09. The summed E-state index contributed by atoms with van der Waals surface area (Å²) in [6.07, 6.45) is 2.20. The molecule has 2 heterocycles. The molecule has 2 aromatic carbocycles. The molecule has 0 saturated carbocycles. The fourth-order valence-electron chi connectivity index (χ4n) is 3.26. The Balaban J connectivity index is 1.84. The molecule has 27 heavy (non-hydrogen) atoms. The molecule has 0 amide bonds. The van der Waals surface area contributed by atoms with E-state index < -0.39 is 5.97 Å². The van der Waals surface area contributed by atoms with Crippen molar-refractivity contribution in [2.24, 2.45) is 0 Å². The van der Waals surface area contributed by atoms with E-state index in [-0.39, 0.29) is 6.42 Å². The standard InChI is InChI=1S/C21H19N3O3/c1-27-17-7-2-14(3-8-17)20-10-5-15(6-11-21(25)26)24(20)16-4-9-18-19(12-16)23-13-22-18/h2-5,7-10,12-13H,6,11H2,1H3,(H,22,23)(H,25,26). The molecule has 0 radical (unpaired) electrons. The van der Waals surface area contributed by atoms with Crippen molar-refractivity contribution in [2.75, 3.05) is 7.11 Å². The second-order valence-electron chi connectivity index (χ2n) is 6.27. The fraction of sp³-hybridized carbons (Fsp3) is 0.143. The van der Waals surface area contributed by atoms with Gasteiger partial charge >= 0.3 is 5.97 Å². The van der Waals surface area contributed by atoms with Gasteiger partial charge in [0.1, 0.15) is 5.75 Å². The number of nitrogens with one attached hydrogen (secondary N) is 1. The Hall–Kier alpha value is -3.54. The van der Waals surface area contributed by atoms with Crippen molar-refractivity contribution in [2.45, 2.75) is 12.8 Å². The van der Waals surface area contributed by atoms with Gasteiger partial charge in [-0.2, -0.15) is 0 Å². The minimum atomic E-state index is -0.808. The van der Waals surface area contributed by atoms with E-state index in [1.54, 1.807) is 13.4 Å². The van der Waals surface area contributed by atoms with E-state index >= 15 is 0 Å². The topological polar surface area (TPSA) is 80.1 Å². The normalized spacial score (nSPS) is 11.0. The second-order valence-corrected chi connectivity index (χ2v) is 6.27. The van der Waals surface area contributed by atoms with Gasteiger partial charge < -0.3 is 19.4 Å². The predicted octanol–water partition coefficient (Wildman–Crippen LogP) is 4.05. The van der Waals surface area contributed by atoms with Gasteiger partial charge in [-0.15, -0.1) is 0 Å². The number of imidazole rings is 1. The lowest BCUT2D eigenvalue weighted by molar-refractivity contribution is -0.136. The monoisotopic (exact) mass is 361 g/mol. The Morgan fingerprint density at radius 2 is 1.96 bits per heavy atom. The van der Waals surface area contributed by atoms with Crippen LogP contribution in [0.15, 0.2) is 60.9 Å². The van der Waals surface area contributed by atoms with Crippen LogP contribution in [0.1, 0.15) is 12.1 Å². The Labute approximate surface area is 156 Å². The zero-order valence-corrected chi connectivity index (χ0v) is 14.8. The van der Waals surface area contributed by atoms with E-state index in [9.17, 15) is 4.79 Å². The van der Waals surface area contributed by atoms with Crippen LogP contribution in [0.2, 0.25) is 0 Å². The number of carboxylic acids is 1. The quantitative estimate of drug-likeness (QED) is 0.543. The molecule has 0 fully saturated rings. The number of rotatable bonds is 6. The second kappa shape index (κ2) is 6.99. The molecule has 4 aromatic rings. The number of hydrogen-bond acceptors (Lipinski definition) is 3. The highest BCUT2D eigenvalue weighted by Crippen LogP contribution is 2.29. The molecule has 0 unspecified atom stereocenters. The lowest BCUT2D eigenvalue weighted by atomic mass is 10.1. The van der Waals surface area contributed by atoms with Gasteiger partial charge in [0, 0.05) is 11.4 Å². The summed E-state index contributed by atoms with van der Waals surface area (Å²) in [5.41, 5.74) is 5.76. The van der Waals surface area contributed by atoms with Crippen molar-refractivity contribution < 1.29 is 14.6 Å². The third kappa shape index (κ3) is 3.29. The van der Waals surface area contributed by atoms with Crippen molar-refractivity contribution in [1.82, 2.24) is 14.5 Å². The molecule has 2 N–H and O–H groups in total. The van der Waals surface area contributed by atoms with Gasteiger partial charge in [0.05, 0.1) is 36.6 Å². The van der Waals surface area contributed by atoms with Crippen molar-refractivity contribution in [1.29, 1.82) is 0 Å². The van der Waals surface area contributed by atoms with Crippen molar-refractivity contribution in [3.63, 3.8) is 0 Å². The molecular weight excluding hydrogens is 342 g/mol. The third-order valence-corrected chi connectivity index (χ3v) is 4.60. The largest absolute Gasteiger partial charge is 0.497 e. The number of aromatic nitrogens is 3. The number of fused-ring (bicyclic) bond motifs is 1. The first kappa shape index (κ1) is 16.9. The predicted molar refractivity (Wildman–Crippen MR) is 103 cm³/mol. The molecular formula is C21H19N3O3. The van der Waals surface area contributed by atoms with E-state index in [0.29, 0.717) is 6.42 Å². The van der Waals surface area contributed by atoms with E-state index in [1.807, 2.05) is 54.6 Å². The van der Waals surface area contributed by atoms with Gasteiger partial charge in [-0.3, -0.25) is 4.79 Å². The summed E-state index contributed by atoms with van der Waals surface area (Å²) in [5.74, 6) is -0.0143. The Morgan fingerprint density at radius 1 is 1.15 bits per heavy atom. The summed E-state index contributed by atoms with van der Waals surface area (Å²) in [4.78, 5) is 18.5. The number of nitrogens with zero attached hydrogens (tertiary/aromatic N) is 2. The lowest BCUT2D eigenvalue weighted by Crippen LogP contribution is -2.05. The lowest BCUT2D eigenvalue weighted by Gasteiger charge is -2.14. The highest BCUT2D eigenvalue weighted by atomic mass is 16.5. The van der Waals surface area contributed by atoms with Crippen molar-refractivity contribution in [3.8, 4) is 22.7 Å². The number of methoxy groups -OCH3 is 1. The average molecular weight is 361 g/mol. The van der Waals surface area contributed by atoms with E-state index in [2.05, 4.69) is 14.5 Å². The zero-order chi connectivity index (χ0) is 18.8. The third-order valence-electron chi connectivity index (χ3n) is 4.60. The number of aryl methyl sites for hydroxylation is 1. The molecule has 0 bridgehead atoms. The number of benzene rings is 2. The molecule has 6 nitrogen and oxygen atoms in total. The maximum absolute atomic E-state index is 11.1. The Bertz CT molecular complexity index is 1090. The van der Waals surface area contributed by atoms with Gasteiger partial charge in [0.15, 0.2) is 0 Å². The Morgan fingerprint density at radius 3 is 2.70 bits per heavy atom. The average Bonchev–Trinajstić information content (AvgIpc) is 3.32. The van der Waals surface area contributed by atoms with Gasteiger partial charge in [0.25, 0.3) is 0 Å². The molecule has 0 aliphatic rings. The number of aliphatic carboxylic acids is 1. The van der Waals surface area contributed by atoms with Crippen LogP contribution < -0.4 is 4.74 Å². The first-order valence-corrected chi connectivity index (χ1v) is 8.66. The van der Waals surface area contributed by atoms with Crippen molar-refractivity contribution in [3.05, 3.63) is 66.6 Å². The van der Waals surface area contributed by atoms with Gasteiger partial charge in [-0.1, -0.05) is 0 Å². The van der Waals surface area contributed by atoms with Crippen molar-refractivity contribution >= 4 is 17.0 Å². The first-order valence-electron chi connectivity index (χ1n) is 8.66. The molecule has 0 spiro atoms. The summed E-state index contributed by atoms with van der Waals surface area (Å²) in [6.45, 7) is 0. The SMILES string of the molecule is COc1ccc(-c2ccc(CCC(=O)O)n2-c2ccc3nc[nH]c3c2)cc1. The summed E-state index contributed by atoms with van der Waals surface area (Å²) in [7, 11) is 1.64. The smallest absolute Gasteiger partial charge is 0.303 e. The highest BCUT2D eigenvalue weighted by Gasteiger charge is 2.14. The van der Waals surface area contributed by atoms with Crippen LogP contribution >= 0.6 is 0 Å². The molecule has 0 aliphatic carbocycles. The highest BCUT2D eigenvalue weighted by molar-refractivity contribution is 5.78. The molecule has 6 heteroatoms. The van der Waals surface area contributed by atoms with Crippen LogP contribution in [0.4, 0.5) is 0 Å². The molecule has 0 atom stereocenters. The van der Waals surface area contributed by atoms with Gasteiger partial charge in [0.2, 0.25) is 0 Å². The van der Waals surface area contributed by atoms with Crippen LogP contribution in [0, 0.1) is 0 Å². The minimum absolute atomic E-state index is 0.0817. The number of H-pyrrole nitrogens is 1. The maximum atomic E-state index is 11.1. The molecule has 136 valence electrons. The number of aromatic amines is 1. The van der Waals surface area contributed by atoms with Crippen LogP contribution in [0.5, 0.6) is 5.75 Å². The number of carbonyl (C=O) groups is 1. The van der Waals surface area contributed by atoms with E-state index in [1.165, 1.54) is 0 Å². The summed E-state index contributed by atoms with van der Waals surface area (Å²) >= 11 is 0. The maximum Gasteiger partial charge on any atom is 0.303 e. The number of carboxylic acid groups (broad SMARTS) is 1. The van der Waals surface area contributed by atoms with Crippen LogP contribution in [0.3, 0.4) is 0 Å². The fourth-order valence-corrected chi connectivity index (χ4v) is 3.26. The van der Waals surface area contributed by atoms with Gasteiger partial charge in [-0.05, 0) is 66.6 Å². The summed E-state index contributed by atoms with van der Waals surface area (Å²) < 4.78 is 7.35. The molecule has 4 rings (SSSR count). The van der Waals surface area contributed by atoms with Crippen LogP contribution in [-0.4, -0.2) is 32.7 Å². The zero-order valence-electron chi connectivity index (χ0n) is 14.8. The molecule has 2 aromatic heterocycles. The Kier molecular flexibility index (Phi) is 4.38. The number of ether oxygens (including phenoxy) is 1. The molecule has 0 saturated heterocycles. The van der Waals surface area contributed by atoms with E-state index in [0.717, 1.165) is 39.4 Å². The number of hydrogen-bond donors (Lipinski definition) is 2. The first-order chi connectivity index (χ1) is 13.2. The van der Waals surface area contributed by atoms with Gasteiger partial charge in [-0.25, -0.2) is 4.98 Å². The summed E-state index contributed by atoms with van der Waals surface area (Å²) in [6, 6.07) is 17.8. The van der Waals surface area contributed by atoms with Crippen LogP contribution in [-0.2, 0) is 11.2 Å². The minimum Gasteiger partial charge on any atom is -0.497 e. The van der Waals surface area contributed by atoms with E-state index in [4.69, 9.17) is 9.84 Å². The molecule has 0 aliphatic heterocycles. The van der Waals surface area contributed by atoms with Crippen LogP contribution in [0.25, 0.3) is 28.0 Å².